The van der Waals surface area contributed by atoms with Gasteiger partial charge in [-0.1, -0.05) is 32.0 Å². The summed E-state index contributed by atoms with van der Waals surface area (Å²) < 4.78 is 0. The zero-order chi connectivity index (χ0) is 14.5. The minimum Gasteiger partial charge on any atom is -0.330 e. The summed E-state index contributed by atoms with van der Waals surface area (Å²) >= 11 is 0. The van der Waals surface area contributed by atoms with Crippen LogP contribution < -0.4 is 11.1 Å². The number of carbonyl (C=O) groups is 1. The molecule has 0 saturated carbocycles. The minimum absolute atomic E-state index is 0.00428. The van der Waals surface area contributed by atoms with Gasteiger partial charge in [-0.3, -0.25) is 9.69 Å². The average molecular weight is 263 g/mol. The number of hydrogen-bond acceptors (Lipinski definition) is 3. The Morgan fingerprint density at radius 2 is 2.00 bits per heavy atom. The highest BCUT2D eigenvalue weighted by molar-refractivity contribution is 5.92. The molecule has 0 saturated heterocycles. The van der Waals surface area contributed by atoms with Gasteiger partial charge in [-0.05, 0) is 37.6 Å². The van der Waals surface area contributed by atoms with Crippen LogP contribution in [0.4, 0.5) is 5.69 Å². The van der Waals surface area contributed by atoms with Crippen LogP contribution in [-0.2, 0) is 4.79 Å². The van der Waals surface area contributed by atoms with Gasteiger partial charge >= 0.3 is 0 Å². The molecule has 0 aliphatic rings. The number of likely N-dealkylation sites (N-methyl/N-ethyl adjacent to an activating group) is 1. The Kier molecular flexibility index (Phi) is 5.51. The van der Waals surface area contributed by atoms with Gasteiger partial charge in [0.15, 0.2) is 0 Å². The van der Waals surface area contributed by atoms with Crippen molar-refractivity contribution in [2.75, 3.05) is 32.0 Å². The minimum atomic E-state index is 0.00428. The lowest BCUT2D eigenvalue weighted by Gasteiger charge is -2.28. The highest BCUT2D eigenvalue weighted by Crippen LogP contribution is 2.15. The van der Waals surface area contributed by atoms with Crippen molar-refractivity contribution in [3.05, 3.63) is 29.8 Å². The predicted molar refractivity (Wildman–Crippen MR) is 80.1 cm³/mol. The fourth-order valence-electron chi connectivity index (χ4n) is 2.00. The monoisotopic (exact) mass is 263 g/mol. The van der Waals surface area contributed by atoms with E-state index in [0.29, 0.717) is 13.1 Å². The maximum Gasteiger partial charge on any atom is 0.238 e. The van der Waals surface area contributed by atoms with Crippen LogP contribution in [0.15, 0.2) is 24.3 Å². The maximum atomic E-state index is 12.0. The number of carbonyl (C=O) groups excluding carboxylic acids is 1. The van der Waals surface area contributed by atoms with Crippen LogP contribution in [-0.4, -0.2) is 37.5 Å². The maximum absolute atomic E-state index is 12.0. The lowest BCUT2D eigenvalue weighted by Crippen LogP contribution is -2.40. The predicted octanol–water partition coefficient (Wildman–Crippen LogP) is 1.85. The number of nitrogens with zero attached hydrogens (tertiary/aromatic N) is 1. The summed E-state index contributed by atoms with van der Waals surface area (Å²) in [6, 6.07) is 7.78. The van der Waals surface area contributed by atoms with Crippen molar-refractivity contribution in [1.29, 1.82) is 0 Å². The van der Waals surface area contributed by atoms with Crippen LogP contribution in [0.2, 0.25) is 0 Å². The molecule has 0 unspecified atom stereocenters. The normalized spacial score (nSPS) is 11.7. The second kappa shape index (κ2) is 6.68. The van der Waals surface area contributed by atoms with Crippen molar-refractivity contribution in [2.24, 2.45) is 11.1 Å². The highest BCUT2D eigenvalue weighted by atomic mass is 16.2. The van der Waals surface area contributed by atoms with E-state index in [-0.39, 0.29) is 11.3 Å². The summed E-state index contributed by atoms with van der Waals surface area (Å²) in [5.41, 5.74) is 7.67. The smallest absolute Gasteiger partial charge is 0.238 e. The summed E-state index contributed by atoms with van der Waals surface area (Å²) in [5.74, 6) is 0.00428. The molecule has 0 aliphatic carbocycles. The third-order valence-electron chi connectivity index (χ3n) is 3.08. The molecule has 1 rings (SSSR count). The van der Waals surface area contributed by atoms with Crippen molar-refractivity contribution < 1.29 is 4.79 Å². The molecule has 0 aromatic heterocycles. The Hall–Kier alpha value is -1.39. The molecule has 3 N–H and O–H groups in total. The molecule has 0 spiro atoms. The van der Waals surface area contributed by atoms with Gasteiger partial charge in [-0.2, -0.15) is 0 Å². The summed E-state index contributed by atoms with van der Waals surface area (Å²) in [4.78, 5) is 14.0. The molecular formula is C15H25N3O. The third-order valence-corrected chi connectivity index (χ3v) is 3.08. The molecule has 0 fully saturated rings. The largest absolute Gasteiger partial charge is 0.330 e. The van der Waals surface area contributed by atoms with E-state index in [4.69, 9.17) is 5.73 Å². The van der Waals surface area contributed by atoms with Crippen molar-refractivity contribution in [3.8, 4) is 0 Å². The molecule has 106 valence electrons. The highest BCUT2D eigenvalue weighted by Gasteiger charge is 2.19. The lowest BCUT2D eigenvalue weighted by atomic mass is 9.93. The topological polar surface area (TPSA) is 58.4 Å². The number of aryl methyl sites for hydroxylation is 1. The Morgan fingerprint density at radius 3 is 2.58 bits per heavy atom. The Labute approximate surface area is 116 Å². The number of rotatable bonds is 6. The first-order chi connectivity index (χ1) is 8.84. The van der Waals surface area contributed by atoms with E-state index in [9.17, 15) is 4.79 Å². The van der Waals surface area contributed by atoms with Gasteiger partial charge in [0.2, 0.25) is 5.91 Å². The van der Waals surface area contributed by atoms with Crippen molar-refractivity contribution >= 4 is 11.6 Å². The Balaban J connectivity index is 2.50. The zero-order valence-electron chi connectivity index (χ0n) is 12.4. The number of hydrogen-bond donors (Lipinski definition) is 2. The van der Waals surface area contributed by atoms with Crippen LogP contribution in [0.3, 0.4) is 0 Å². The fourth-order valence-corrected chi connectivity index (χ4v) is 2.00. The molecule has 0 radical (unpaired) electrons. The van der Waals surface area contributed by atoms with E-state index in [2.05, 4.69) is 19.2 Å². The van der Waals surface area contributed by atoms with Crippen molar-refractivity contribution in [2.45, 2.75) is 20.8 Å². The molecule has 0 aliphatic heterocycles. The molecule has 0 atom stereocenters. The summed E-state index contributed by atoms with van der Waals surface area (Å²) in [6.45, 7) is 7.96. The van der Waals surface area contributed by atoms with Crippen LogP contribution in [0.1, 0.15) is 19.4 Å². The van der Waals surface area contributed by atoms with E-state index < -0.39 is 0 Å². The molecular weight excluding hydrogens is 238 g/mol. The SMILES string of the molecule is Cc1ccccc1NC(=O)CN(C)CC(C)(C)CN. The van der Waals surface area contributed by atoms with Gasteiger partial charge in [0, 0.05) is 12.2 Å². The van der Waals surface area contributed by atoms with Crippen molar-refractivity contribution in [1.82, 2.24) is 4.90 Å². The van der Waals surface area contributed by atoms with Crippen LogP contribution in [0.25, 0.3) is 0 Å². The van der Waals surface area contributed by atoms with Crippen LogP contribution in [0.5, 0.6) is 0 Å². The molecule has 0 heterocycles. The average Bonchev–Trinajstić information content (AvgIpc) is 2.31. The summed E-state index contributed by atoms with van der Waals surface area (Å²) in [7, 11) is 1.94. The molecule has 1 aromatic rings. The molecule has 1 aromatic carbocycles. The van der Waals surface area contributed by atoms with Gasteiger partial charge in [0.25, 0.3) is 0 Å². The van der Waals surface area contributed by atoms with Gasteiger partial charge in [0.1, 0.15) is 0 Å². The number of benzene rings is 1. The standard InChI is InChI=1S/C15H25N3O/c1-12-7-5-6-8-13(12)17-14(19)9-18(4)11-15(2,3)10-16/h5-8H,9-11,16H2,1-4H3,(H,17,19). The molecule has 19 heavy (non-hydrogen) atoms. The molecule has 4 nitrogen and oxygen atoms in total. The van der Waals surface area contributed by atoms with E-state index in [1.165, 1.54) is 0 Å². The second-order valence-corrected chi connectivity index (χ2v) is 5.90. The Bertz CT molecular complexity index is 429. The molecule has 0 bridgehead atoms. The van der Waals surface area contributed by atoms with E-state index in [1.807, 2.05) is 43.1 Å². The number of nitrogens with two attached hydrogens (primary N) is 1. The van der Waals surface area contributed by atoms with Gasteiger partial charge in [-0.25, -0.2) is 0 Å². The fraction of sp³-hybridized carbons (Fsp3) is 0.533. The third kappa shape index (κ3) is 5.41. The summed E-state index contributed by atoms with van der Waals surface area (Å²) in [6.07, 6.45) is 0. The van der Waals surface area contributed by atoms with Gasteiger partial charge < -0.3 is 11.1 Å². The summed E-state index contributed by atoms with van der Waals surface area (Å²) in [5, 5.41) is 2.93. The number of amides is 1. The van der Waals surface area contributed by atoms with Crippen LogP contribution >= 0.6 is 0 Å². The zero-order valence-corrected chi connectivity index (χ0v) is 12.4. The molecule has 1 amide bonds. The van der Waals surface area contributed by atoms with Crippen molar-refractivity contribution in [3.63, 3.8) is 0 Å². The van der Waals surface area contributed by atoms with E-state index in [0.717, 1.165) is 17.8 Å². The van der Waals surface area contributed by atoms with E-state index >= 15 is 0 Å². The lowest BCUT2D eigenvalue weighted by molar-refractivity contribution is -0.117. The first-order valence-corrected chi connectivity index (χ1v) is 6.58. The van der Waals surface area contributed by atoms with Gasteiger partial charge in [-0.15, -0.1) is 0 Å². The number of anilines is 1. The Morgan fingerprint density at radius 1 is 1.37 bits per heavy atom. The van der Waals surface area contributed by atoms with Gasteiger partial charge in [0.05, 0.1) is 6.54 Å². The molecule has 4 heteroatoms. The first-order valence-electron chi connectivity index (χ1n) is 6.58. The first kappa shape index (κ1) is 15.7. The quantitative estimate of drug-likeness (QED) is 0.823. The van der Waals surface area contributed by atoms with E-state index in [1.54, 1.807) is 0 Å². The number of para-hydroxylation sites is 1. The number of nitrogens with one attached hydrogen (secondary N) is 1. The van der Waals surface area contributed by atoms with Crippen LogP contribution in [0, 0.1) is 12.3 Å². The second-order valence-electron chi connectivity index (χ2n) is 5.90.